The van der Waals surface area contributed by atoms with Gasteiger partial charge >= 0.3 is 5.97 Å². The fourth-order valence-corrected chi connectivity index (χ4v) is 3.91. The van der Waals surface area contributed by atoms with Crippen LogP contribution in [0.1, 0.15) is 38.5 Å². The Kier molecular flexibility index (Phi) is 10.4. The Morgan fingerprint density at radius 2 is 1.59 bits per heavy atom. The molecule has 0 aromatic carbocycles. The zero-order chi connectivity index (χ0) is 21.1. The molecule has 2 aliphatic rings. The minimum atomic E-state index is -0.856. The number of piperazine rings is 1. The van der Waals surface area contributed by atoms with Gasteiger partial charge in [0.15, 0.2) is 0 Å². The number of aliphatic carboxylic acids is 1. The second-order valence-electron chi connectivity index (χ2n) is 8.17. The third kappa shape index (κ3) is 9.56. The van der Waals surface area contributed by atoms with Gasteiger partial charge in [-0.25, -0.2) is 0 Å². The Bertz CT molecular complexity index is 537. The molecular weight excluding hydrogens is 374 g/mol. The maximum atomic E-state index is 12.3. The van der Waals surface area contributed by atoms with Gasteiger partial charge in [-0.15, -0.1) is 0 Å². The number of hydrogen-bond acceptors (Lipinski definition) is 6. The first-order chi connectivity index (χ1) is 13.9. The summed E-state index contributed by atoms with van der Waals surface area (Å²) in [6, 6.07) is 0.459. The molecule has 9 heteroatoms. The van der Waals surface area contributed by atoms with Crippen molar-refractivity contribution >= 4 is 17.8 Å². The van der Waals surface area contributed by atoms with Gasteiger partial charge in [0.2, 0.25) is 11.8 Å². The highest BCUT2D eigenvalue weighted by atomic mass is 16.4. The van der Waals surface area contributed by atoms with E-state index < -0.39 is 5.97 Å². The van der Waals surface area contributed by atoms with Crippen LogP contribution in [-0.2, 0) is 14.4 Å². The molecule has 0 spiro atoms. The van der Waals surface area contributed by atoms with Crippen molar-refractivity contribution in [2.75, 3.05) is 66.0 Å². The summed E-state index contributed by atoms with van der Waals surface area (Å²) in [6.45, 7) is 7.74. The van der Waals surface area contributed by atoms with Gasteiger partial charge in [0.1, 0.15) is 0 Å². The van der Waals surface area contributed by atoms with Crippen LogP contribution in [0.25, 0.3) is 0 Å². The molecular formula is C20H37N5O4. The second kappa shape index (κ2) is 12.8. The molecule has 1 unspecified atom stereocenters. The zero-order valence-electron chi connectivity index (χ0n) is 17.7. The van der Waals surface area contributed by atoms with Crippen LogP contribution in [0.4, 0.5) is 0 Å². The van der Waals surface area contributed by atoms with Crippen LogP contribution < -0.4 is 10.6 Å². The SMILES string of the molecule is C[14N]1CCN(CC2CCCN2CC(=O)NCCCC(=O)NCCCC(=O)O)C[12CH2]1. The van der Waals surface area contributed by atoms with Crippen LogP contribution in [0, 0.1) is 0 Å². The summed E-state index contributed by atoms with van der Waals surface area (Å²) in [5, 5.41) is 14.2. The molecule has 0 saturated carbocycles. The molecule has 2 rings (SSSR count). The lowest BCUT2D eigenvalue weighted by atomic mass is 10.2. The molecule has 9 nitrogen and oxygen atoms in total. The predicted molar refractivity (Wildman–Crippen MR) is 111 cm³/mol. The number of carbonyl (C=O) groups is 3. The van der Waals surface area contributed by atoms with E-state index in [9.17, 15) is 14.4 Å². The van der Waals surface area contributed by atoms with Gasteiger partial charge in [-0.1, -0.05) is 0 Å². The molecule has 2 heterocycles. The molecule has 2 aliphatic heterocycles. The molecule has 0 aliphatic carbocycles. The minimum absolute atomic E-state index is 0.0251. The number of carboxylic acids is 1. The first kappa shape index (κ1) is 23.6. The van der Waals surface area contributed by atoms with Gasteiger partial charge in [0.25, 0.3) is 0 Å². The van der Waals surface area contributed by atoms with E-state index in [-0.39, 0.29) is 18.2 Å². The zero-order valence-corrected chi connectivity index (χ0v) is 17.7. The van der Waals surface area contributed by atoms with Gasteiger partial charge in [-0.05, 0) is 39.3 Å². The van der Waals surface area contributed by atoms with Crippen LogP contribution in [-0.4, -0.2) is 110 Å². The fourth-order valence-electron chi connectivity index (χ4n) is 3.91. The number of carboxylic acid groups (broad SMARTS) is 1. The van der Waals surface area contributed by atoms with E-state index >= 15 is 0 Å². The molecule has 2 amide bonds. The molecule has 1 atom stereocenters. The van der Waals surface area contributed by atoms with Crippen LogP contribution in [0.3, 0.4) is 0 Å². The summed E-state index contributed by atoms with van der Waals surface area (Å²) < 4.78 is 0. The third-order valence-corrected chi connectivity index (χ3v) is 5.70. The highest BCUT2D eigenvalue weighted by Gasteiger charge is 2.28. The first-order valence-electron chi connectivity index (χ1n) is 10.8. The van der Waals surface area contributed by atoms with E-state index in [1.807, 2.05) is 0 Å². The lowest BCUT2D eigenvalue weighted by Crippen LogP contribution is -2.50. The maximum absolute atomic E-state index is 12.3. The van der Waals surface area contributed by atoms with Crippen molar-refractivity contribution in [1.82, 2.24) is 25.3 Å². The van der Waals surface area contributed by atoms with E-state index in [1.165, 1.54) is 0 Å². The van der Waals surface area contributed by atoms with Gasteiger partial charge < -0.3 is 20.6 Å². The van der Waals surface area contributed by atoms with Crippen molar-refractivity contribution < 1.29 is 19.5 Å². The molecule has 0 aromatic heterocycles. The summed E-state index contributed by atoms with van der Waals surface area (Å²) in [6.07, 6.45) is 3.71. The van der Waals surface area contributed by atoms with Crippen molar-refractivity contribution in [2.45, 2.75) is 44.6 Å². The second-order valence-corrected chi connectivity index (χ2v) is 8.17. The Labute approximate surface area is 173 Å². The number of nitrogens with zero attached hydrogens (tertiary/aromatic N) is 3. The predicted octanol–water partition coefficient (Wildman–Crippen LogP) is -0.424. The Morgan fingerprint density at radius 1 is 0.931 bits per heavy atom. The van der Waals surface area contributed by atoms with Crippen LogP contribution in [0.2, 0.25) is 0 Å². The van der Waals surface area contributed by atoms with E-state index in [0.29, 0.717) is 44.9 Å². The number of amides is 2. The molecule has 29 heavy (non-hydrogen) atoms. The molecule has 3 N–H and O–H groups in total. The lowest BCUT2D eigenvalue weighted by molar-refractivity contribution is -0.137. The number of rotatable bonds is 12. The first-order valence-corrected chi connectivity index (χ1v) is 10.8. The van der Waals surface area contributed by atoms with Crippen molar-refractivity contribution in [3.05, 3.63) is 0 Å². The summed E-state index contributed by atoms with van der Waals surface area (Å²) in [5.41, 5.74) is 0. The summed E-state index contributed by atoms with van der Waals surface area (Å²) in [5.74, 6) is -0.931. The lowest BCUT2D eigenvalue weighted by Gasteiger charge is -2.36. The highest BCUT2D eigenvalue weighted by Crippen LogP contribution is 2.18. The van der Waals surface area contributed by atoms with Crippen molar-refractivity contribution in [3.63, 3.8) is 0 Å². The standard InChI is InChI=1S/C20H37N5O4/c1-23-11-13-24(14-12-23)15-17-5-4-10-25(17)16-19(27)22-8-2-6-18(26)21-9-3-7-20(28)29/h17H,2-16H2,1H3,(H,21,26)(H,22,27)(H,28,29)/i11+0,23+0. The van der Waals surface area contributed by atoms with E-state index in [4.69, 9.17) is 5.11 Å². The Morgan fingerprint density at radius 3 is 2.28 bits per heavy atom. The number of likely N-dealkylation sites (N-methyl/N-ethyl adjacent to an activating group) is 1. The Hall–Kier alpha value is -1.71. The van der Waals surface area contributed by atoms with Crippen molar-refractivity contribution in [2.24, 2.45) is 0 Å². The average Bonchev–Trinajstić information content (AvgIpc) is 3.10. The van der Waals surface area contributed by atoms with Crippen LogP contribution in [0.5, 0.6) is 0 Å². The van der Waals surface area contributed by atoms with E-state index in [1.54, 1.807) is 0 Å². The summed E-state index contributed by atoms with van der Waals surface area (Å²) >= 11 is 0. The highest BCUT2D eigenvalue weighted by molar-refractivity contribution is 5.78. The number of carbonyl (C=O) groups excluding carboxylic acids is 2. The smallest absolute Gasteiger partial charge is 0.303 e. The van der Waals surface area contributed by atoms with Crippen LogP contribution in [0.15, 0.2) is 0 Å². The largest absolute Gasteiger partial charge is 0.481 e. The van der Waals surface area contributed by atoms with Gasteiger partial charge in [0.05, 0.1) is 6.54 Å². The van der Waals surface area contributed by atoms with Gasteiger partial charge in [0, 0.05) is 64.7 Å². The molecule has 0 radical (unpaired) electrons. The summed E-state index contributed by atoms with van der Waals surface area (Å²) in [7, 11) is 2.16. The molecule has 166 valence electrons. The number of likely N-dealkylation sites (tertiary alicyclic amines) is 1. The maximum Gasteiger partial charge on any atom is 0.303 e. The van der Waals surface area contributed by atoms with Gasteiger partial charge in [-0.2, -0.15) is 0 Å². The number of nitrogens with one attached hydrogen (secondary N) is 2. The molecule has 0 bridgehead atoms. The molecule has 2 saturated heterocycles. The van der Waals surface area contributed by atoms with E-state index in [0.717, 1.165) is 52.1 Å². The normalized spacial score (nSPS) is 21.2. The van der Waals surface area contributed by atoms with Crippen LogP contribution >= 0.6 is 0 Å². The van der Waals surface area contributed by atoms with Gasteiger partial charge in [-0.3, -0.25) is 24.2 Å². The van der Waals surface area contributed by atoms with Crippen molar-refractivity contribution in [3.8, 4) is 0 Å². The quantitative estimate of drug-likeness (QED) is 0.375. The topological polar surface area (TPSA) is 105 Å². The monoisotopic (exact) mass is 411 g/mol. The van der Waals surface area contributed by atoms with Crippen molar-refractivity contribution in [1.29, 1.82) is 0 Å². The minimum Gasteiger partial charge on any atom is -0.481 e. The van der Waals surface area contributed by atoms with E-state index in [2.05, 4.69) is 32.4 Å². The summed E-state index contributed by atoms with van der Waals surface area (Å²) in [4.78, 5) is 41.5. The fraction of sp³-hybridized carbons (Fsp3) is 0.850. The molecule has 2 fully saturated rings. The Balaban J connectivity index is 1.55. The third-order valence-electron chi connectivity index (χ3n) is 5.70. The molecule has 0 aromatic rings. The average molecular weight is 412 g/mol. The number of hydrogen-bond donors (Lipinski definition) is 3.